The summed E-state index contributed by atoms with van der Waals surface area (Å²) in [5.74, 6) is -0.594. The Balaban J connectivity index is 2.09. The van der Waals surface area contributed by atoms with Gasteiger partial charge in [0.25, 0.3) is 11.6 Å². The van der Waals surface area contributed by atoms with Gasteiger partial charge in [-0.1, -0.05) is 30.9 Å². The van der Waals surface area contributed by atoms with Crippen LogP contribution in [-0.4, -0.2) is 28.1 Å². The van der Waals surface area contributed by atoms with Crippen LogP contribution in [0.2, 0.25) is 5.02 Å². The van der Waals surface area contributed by atoms with Crippen LogP contribution in [0.4, 0.5) is 5.69 Å². The fourth-order valence-electron chi connectivity index (χ4n) is 2.58. The molecule has 1 aromatic rings. The summed E-state index contributed by atoms with van der Waals surface area (Å²) >= 11 is 5.79. The van der Waals surface area contributed by atoms with Gasteiger partial charge in [0.2, 0.25) is 0 Å². The first kappa shape index (κ1) is 15.7. The van der Waals surface area contributed by atoms with Crippen LogP contribution in [0.3, 0.4) is 0 Å². The van der Waals surface area contributed by atoms with Crippen LogP contribution in [0.15, 0.2) is 18.2 Å². The maximum absolute atomic E-state index is 12.1. The maximum Gasteiger partial charge on any atom is 0.282 e. The van der Waals surface area contributed by atoms with E-state index in [9.17, 15) is 20.0 Å². The predicted octanol–water partition coefficient (Wildman–Crippen LogP) is 2.67. The molecule has 7 heteroatoms. The average molecular weight is 313 g/mol. The molecule has 0 heterocycles. The SMILES string of the molecule is O=C(NCC1(O)CCCCC1)c1cc(Cl)ccc1[N+](=O)[O-]. The van der Waals surface area contributed by atoms with E-state index in [1.54, 1.807) is 0 Å². The molecule has 0 aliphatic heterocycles. The zero-order valence-electron chi connectivity index (χ0n) is 11.5. The molecule has 1 saturated carbocycles. The molecule has 0 saturated heterocycles. The van der Waals surface area contributed by atoms with Crippen LogP contribution >= 0.6 is 11.6 Å². The number of hydrogen-bond donors (Lipinski definition) is 2. The lowest BCUT2D eigenvalue weighted by Crippen LogP contribution is -2.44. The third kappa shape index (κ3) is 3.92. The summed E-state index contributed by atoms with van der Waals surface area (Å²) in [7, 11) is 0. The summed E-state index contributed by atoms with van der Waals surface area (Å²) < 4.78 is 0. The van der Waals surface area contributed by atoms with Crippen molar-refractivity contribution >= 4 is 23.2 Å². The molecule has 0 atom stereocenters. The Labute approximate surface area is 127 Å². The van der Waals surface area contributed by atoms with Crippen molar-refractivity contribution in [1.29, 1.82) is 0 Å². The molecule has 1 aliphatic rings. The normalized spacial score (nSPS) is 17.2. The minimum Gasteiger partial charge on any atom is -0.388 e. The van der Waals surface area contributed by atoms with Crippen LogP contribution in [0, 0.1) is 10.1 Å². The standard InChI is InChI=1S/C14H17ClN2O4/c15-10-4-5-12(17(20)21)11(8-10)13(18)16-9-14(19)6-2-1-3-7-14/h4-5,8,19H,1-3,6-7,9H2,(H,16,18). The van der Waals surface area contributed by atoms with Crippen LogP contribution in [-0.2, 0) is 0 Å². The number of rotatable bonds is 4. The molecule has 0 bridgehead atoms. The first-order valence-electron chi connectivity index (χ1n) is 6.86. The van der Waals surface area contributed by atoms with Gasteiger partial charge in [-0.2, -0.15) is 0 Å². The van der Waals surface area contributed by atoms with Gasteiger partial charge in [-0.05, 0) is 25.0 Å². The molecule has 0 radical (unpaired) electrons. The zero-order valence-corrected chi connectivity index (χ0v) is 12.2. The Morgan fingerprint density at radius 2 is 2.05 bits per heavy atom. The monoisotopic (exact) mass is 312 g/mol. The van der Waals surface area contributed by atoms with Gasteiger partial charge in [0.1, 0.15) is 5.56 Å². The highest BCUT2D eigenvalue weighted by molar-refractivity contribution is 6.31. The highest BCUT2D eigenvalue weighted by Gasteiger charge is 2.30. The summed E-state index contributed by atoms with van der Waals surface area (Å²) in [6.45, 7) is 0.0928. The largest absolute Gasteiger partial charge is 0.388 e. The van der Waals surface area contributed by atoms with Gasteiger partial charge in [0.15, 0.2) is 0 Å². The molecule has 114 valence electrons. The molecule has 1 fully saturated rings. The van der Waals surface area contributed by atoms with Gasteiger partial charge < -0.3 is 10.4 Å². The van der Waals surface area contributed by atoms with E-state index in [4.69, 9.17) is 11.6 Å². The van der Waals surface area contributed by atoms with E-state index in [1.807, 2.05) is 0 Å². The summed E-state index contributed by atoms with van der Waals surface area (Å²) in [5, 5.41) is 24.1. The molecule has 0 spiro atoms. The van der Waals surface area contributed by atoms with E-state index in [2.05, 4.69) is 5.32 Å². The maximum atomic E-state index is 12.1. The van der Waals surface area contributed by atoms with Crippen LogP contribution in [0.1, 0.15) is 42.5 Å². The van der Waals surface area contributed by atoms with Crippen LogP contribution in [0.5, 0.6) is 0 Å². The van der Waals surface area contributed by atoms with Crippen molar-refractivity contribution in [2.75, 3.05) is 6.54 Å². The second-order valence-corrected chi connectivity index (χ2v) is 5.82. The molecule has 1 aliphatic carbocycles. The molecule has 21 heavy (non-hydrogen) atoms. The van der Waals surface area contributed by atoms with Gasteiger partial charge >= 0.3 is 0 Å². The van der Waals surface area contributed by atoms with Crippen molar-refractivity contribution in [3.8, 4) is 0 Å². The molecular weight excluding hydrogens is 296 g/mol. The number of hydrogen-bond acceptors (Lipinski definition) is 4. The minimum atomic E-state index is -0.915. The van der Waals surface area contributed by atoms with Crippen molar-refractivity contribution in [1.82, 2.24) is 5.32 Å². The molecule has 1 amide bonds. The number of aliphatic hydroxyl groups is 1. The highest BCUT2D eigenvalue weighted by Crippen LogP contribution is 2.28. The smallest absolute Gasteiger partial charge is 0.282 e. The molecule has 6 nitrogen and oxygen atoms in total. The average Bonchev–Trinajstić information content (AvgIpc) is 2.45. The Morgan fingerprint density at radius 1 is 1.38 bits per heavy atom. The highest BCUT2D eigenvalue weighted by atomic mass is 35.5. The van der Waals surface area contributed by atoms with Gasteiger partial charge in [-0.15, -0.1) is 0 Å². The summed E-state index contributed by atoms with van der Waals surface area (Å²) in [6.07, 6.45) is 4.18. The van der Waals surface area contributed by atoms with Gasteiger partial charge in [-0.3, -0.25) is 14.9 Å². The van der Waals surface area contributed by atoms with Crippen LogP contribution < -0.4 is 5.32 Å². The lowest BCUT2D eigenvalue weighted by Gasteiger charge is -2.32. The molecule has 2 rings (SSSR count). The van der Waals surface area contributed by atoms with Gasteiger partial charge in [0.05, 0.1) is 10.5 Å². The van der Waals surface area contributed by atoms with Crippen molar-refractivity contribution in [2.45, 2.75) is 37.7 Å². The lowest BCUT2D eigenvalue weighted by molar-refractivity contribution is -0.385. The van der Waals surface area contributed by atoms with Gasteiger partial charge in [-0.25, -0.2) is 0 Å². The number of halogens is 1. The molecule has 0 aromatic heterocycles. The van der Waals surface area contributed by atoms with Gasteiger partial charge in [0, 0.05) is 17.6 Å². The van der Waals surface area contributed by atoms with E-state index < -0.39 is 16.4 Å². The summed E-state index contributed by atoms with van der Waals surface area (Å²) in [4.78, 5) is 22.4. The van der Waals surface area contributed by atoms with Crippen molar-refractivity contribution in [3.63, 3.8) is 0 Å². The molecular formula is C14H17ClN2O4. The first-order chi connectivity index (χ1) is 9.91. The Kier molecular flexibility index (Phi) is 4.80. The van der Waals surface area contributed by atoms with Crippen molar-refractivity contribution < 1.29 is 14.8 Å². The Bertz CT molecular complexity index is 556. The zero-order chi connectivity index (χ0) is 15.5. The Hall–Kier alpha value is -1.66. The number of carbonyl (C=O) groups is 1. The molecule has 2 N–H and O–H groups in total. The molecule has 1 aromatic carbocycles. The summed E-state index contributed by atoms with van der Waals surface area (Å²) in [5.41, 5.74) is -1.30. The predicted molar refractivity (Wildman–Crippen MR) is 78.5 cm³/mol. The second-order valence-electron chi connectivity index (χ2n) is 5.39. The Morgan fingerprint density at radius 3 is 2.67 bits per heavy atom. The second kappa shape index (κ2) is 6.41. The number of nitrogens with zero attached hydrogens (tertiary/aromatic N) is 1. The first-order valence-corrected chi connectivity index (χ1v) is 7.24. The summed E-state index contributed by atoms with van der Waals surface area (Å²) in [6, 6.07) is 3.83. The number of nitro benzene ring substituents is 1. The van der Waals surface area contributed by atoms with E-state index >= 15 is 0 Å². The quantitative estimate of drug-likeness (QED) is 0.660. The van der Waals surface area contributed by atoms with E-state index in [0.717, 1.165) is 19.3 Å². The fraction of sp³-hybridized carbons (Fsp3) is 0.500. The topological polar surface area (TPSA) is 92.5 Å². The van der Waals surface area contributed by atoms with E-state index in [1.165, 1.54) is 18.2 Å². The van der Waals surface area contributed by atoms with Crippen LogP contribution in [0.25, 0.3) is 0 Å². The number of carbonyl (C=O) groups excluding carboxylic acids is 1. The van der Waals surface area contributed by atoms with Crippen molar-refractivity contribution in [2.24, 2.45) is 0 Å². The van der Waals surface area contributed by atoms with E-state index in [0.29, 0.717) is 12.8 Å². The molecule has 0 unspecified atom stereocenters. The number of amides is 1. The lowest BCUT2D eigenvalue weighted by atomic mass is 9.85. The fourth-order valence-corrected chi connectivity index (χ4v) is 2.75. The third-order valence-corrected chi connectivity index (χ3v) is 4.00. The minimum absolute atomic E-state index is 0.0908. The number of nitrogens with one attached hydrogen (secondary N) is 1. The number of benzene rings is 1. The number of nitro groups is 1. The van der Waals surface area contributed by atoms with E-state index in [-0.39, 0.29) is 22.8 Å². The third-order valence-electron chi connectivity index (χ3n) is 3.76. The van der Waals surface area contributed by atoms with Crippen molar-refractivity contribution in [3.05, 3.63) is 38.9 Å².